The molecule has 1 aromatic heterocycles. The third kappa shape index (κ3) is 4.04. The number of benzene rings is 1. The van der Waals surface area contributed by atoms with Crippen molar-refractivity contribution in [2.45, 2.75) is 38.6 Å². The predicted octanol–water partition coefficient (Wildman–Crippen LogP) is 4.09. The average molecular weight is 325 g/mol. The van der Waals surface area contributed by atoms with E-state index in [-0.39, 0.29) is 5.91 Å². The fraction of sp³-hybridized carbons (Fsp3) is 0.368. The van der Waals surface area contributed by atoms with Gasteiger partial charge in [-0.05, 0) is 38.0 Å². The van der Waals surface area contributed by atoms with Crippen molar-refractivity contribution in [1.29, 1.82) is 0 Å². The molecule has 5 nitrogen and oxygen atoms in total. The molecule has 0 spiro atoms. The fourth-order valence-electron chi connectivity index (χ4n) is 2.99. The number of carbonyl (C=O) groups is 1. The summed E-state index contributed by atoms with van der Waals surface area (Å²) in [6, 6.07) is 9.77. The van der Waals surface area contributed by atoms with Crippen LogP contribution >= 0.6 is 0 Å². The molecule has 2 aromatic rings. The smallest absolute Gasteiger partial charge is 0.257 e. The molecule has 1 amide bonds. The molecule has 24 heavy (non-hydrogen) atoms. The number of amides is 1. The van der Waals surface area contributed by atoms with Crippen LogP contribution in [0, 0.1) is 0 Å². The van der Waals surface area contributed by atoms with E-state index < -0.39 is 0 Å². The summed E-state index contributed by atoms with van der Waals surface area (Å²) in [6.07, 6.45) is 8.23. The number of nitrogens with one attached hydrogen (secondary N) is 2. The Morgan fingerprint density at radius 2 is 2.04 bits per heavy atom. The Hall–Kier alpha value is -2.56. The summed E-state index contributed by atoms with van der Waals surface area (Å²) in [5.41, 5.74) is 2.09. The summed E-state index contributed by atoms with van der Waals surface area (Å²) in [6.45, 7) is 2.47. The molecule has 0 aliphatic heterocycles. The van der Waals surface area contributed by atoms with Gasteiger partial charge in [-0.2, -0.15) is 0 Å². The molecule has 1 aliphatic carbocycles. The highest BCUT2D eigenvalue weighted by Crippen LogP contribution is 2.25. The van der Waals surface area contributed by atoms with Crippen molar-refractivity contribution in [3.63, 3.8) is 0 Å². The van der Waals surface area contributed by atoms with Crippen LogP contribution in [0.1, 0.15) is 43.0 Å². The maximum Gasteiger partial charge on any atom is 0.257 e. The van der Waals surface area contributed by atoms with Crippen LogP contribution in [0.3, 0.4) is 0 Å². The standard InChI is InChI=1S/C19H23N3O2/c1-2-24-18-10-6-5-9-17(18)22-19(23)14-11-16(13-20-12-14)21-15-7-3-4-8-15/h5-6,9-13,15,21H,2-4,7-8H2,1H3,(H,22,23). The number of aromatic nitrogens is 1. The van der Waals surface area contributed by atoms with Gasteiger partial charge in [-0.15, -0.1) is 0 Å². The summed E-state index contributed by atoms with van der Waals surface area (Å²) in [5, 5.41) is 6.37. The number of carbonyl (C=O) groups excluding carboxylic acids is 1. The van der Waals surface area contributed by atoms with Crippen LogP contribution < -0.4 is 15.4 Å². The molecule has 3 rings (SSSR count). The molecule has 0 radical (unpaired) electrons. The summed E-state index contributed by atoms with van der Waals surface area (Å²) in [7, 11) is 0. The highest BCUT2D eigenvalue weighted by molar-refractivity contribution is 6.05. The highest BCUT2D eigenvalue weighted by atomic mass is 16.5. The van der Waals surface area contributed by atoms with E-state index in [9.17, 15) is 4.79 Å². The lowest BCUT2D eigenvalue weighted by Crippen LogP contribution is -2.17. The van der Waals surface area contributed by atoms with Crippen molar-refractivity contribution in [2.24, 2.45) is 0 Å². The van der Waals surface area contributed by atoms with Gasteiger partial charge in [-0.3, -0.25) is 9.78 Å². The second-order valence-electron chi connectivity index (χ2n) is 5.97. The minimum absolute atomic E-state index is 0.190. The molecule has 0 atom stereocenters. The van der Waals surface area contributed by atoms with Crippen molar-refractivity contribution in [2.75, 3.05) is 17.2 Å². The third-order valence-corrected chi connectivity index (χ3v) is 4.16. The zero-order valence-electron chi connectivity index (χ0n) is 13.9. The van der Waals surface area contributed by atoms with Gasteiger partial charge in [-0.25, -0.2) is 0 Å². The monoisotopic (exact) mass is 325 g/mol. The Kier molecular flexibility index (Phi) is 5.31. The summed E-state index contributed by atoms with van der Waals surface area (Å²) < 4.78 is 5.54. The van der Waals surface area contributed by atoms with E-state index in [0.717, 1.165) is 5.69 Å². The predicted molar refractivity (Wildman–Crippen MR) is 95.7 cm³/mol. The minimum Gasteiger partial charge on any atom is -0.492 e. The number of nitrogens with zero attached hydrogens (tertiary/aromatic N) is 1. The number of ether oxygens (including phenoxy) is 1. The van der Waals surface area contributed by atoms with Crippen molar-refractivity contribution in [3.8, 4) is 5.75 Å². The van der Waals surface area contributed by atoms with Gasteiger partial charge in [0.2, 0.25) is 0 Å². The van der Waals surface area contributed by atoms with E-state index in [0.29, 0.717) is 29.6 Å². The lowest BCUT2D eigenvalue weighted by Gasteiger charge is -2.14. The first-order valence-electron chi connectivity index (χ1n) is 8.51. The normalized spacial score (nSPS) is 14.4. The number of para-hydroxylation sites is 2. The van der Waals surface area contributed by atoms with Gasteiger partial charge < -0.3 is 15.4 Å². The van der Waals surface area contributed by atoms with Crippen molar-refractivity contribution in [3.05, 3.63) is 48.3 Å². The molecule has 5 heteroatoms. The number of rotatable bonds is 6. The second kappa shape index (κ2) is 7.81. The zero-order chi connectivity index (χ0) is 16.8. The lowest BCUT2D eigenvalue weighted by molar-refractivity contribution is 0.102. The molecule has 1 aromatic carbocycles. The lowest BCUT2D eigenvalue weighted by atomic mass is 10.2. The van der Waals surface area contributed by atoms with Gasteiger partial charge in [0.05, 0.1) is 23.5 Å². The largest absolute Gasteiger partial charge is 0.492 e. The Labute approximate surface area is 142 Å². The van der Waals surface area contributed by atoms with E-state index in [4.69, 9.17) is 4.74 Å². The summed E-state index contributed by atoms with van der Waals surface area (Å²) >= 11 is 0. The summed E-state index contributed by atoms with van der Waals surface area (Å²) in [4.78, 5) is 16.7. The molecule has 0 saturated heterocycles. The van der Waals surface area contributed by atoms with Gasteiger partial charge in [0.15, 0.2) is 0 Å². The van der Waals surface area contributed by atoms with E-state index in [1.165, 1.54) is 25.7 Å². The average Bonchev–Trinajstić information content (AvgIpc) is 3.10. The number of hydrogen-bond acceptors (Lipinski definition) is 4. The van der Waals surface area contributed by atoms with E-state index in [1.807, 2.05) is 37.3 Å². The van der Waals surface area contributed by atoms with Crippen molar-refractivity contribution in [1.82, 2.24) is 4.98 Å². The van der Waals surface area contributed by atoms with Crippen molar-refractivity contribution >= 4 is 17.3 Å². The van der Waals surface area contributed by atoms with Crippen LogP contribution in [-0.4, -0.2) is 23.5 Å². The number of pyridine rings is 1. The maximum absolute atomic E-state index is 12.5. The van der Waals surface area contributed by atoms with Crippen LogP contribution in [-0.2, 0) is 0 Å². The Morgan fingerprint density at radius 1 is 1.25 bits per heavy atom. The molecule has 2 N–H and O–H groups in total. The SMILES string of the molecule is CCOc1ccccc1NC(=O)c1cncc(NC2CCCC2)c1. The van der Waals surface area contributed by atoms with Crippen LogP contribution in [0.25, 0.3) is 0 Å². The number of anilines is 2. The zero-order valence-corrected chi connectivity index (χ0v) is 13.9. The molecular formula is C19H23N3O2. The molecule has 0 bridgehead atoms. The number of hydrogen-bond donors (Lipinski definition) is 2. The van der Waals surface area contributed by atoms with E-state index in [2.05, 4.69) is 15.6 Å². The molecule has 1 fully saturated rings. The molecule has 1 aliphatic rings. The van der Waals surface area contributed by atoms with E-state index in [1.54, 1.807) is 12.4 Å². The van der Waals surface area contributed by atoms with Crippen molar-refractivity contribution < 1.29 is 9.53 Å². The van der Waals surface area contributed by atoms with Gasteiger partial charge >= 0.3 is 0 Å². The van der Waals surface area contributed by atoms with Gasteiger partial charge in [0.1, 0.15) is 5.75 Å². The molecule has 0 unspecified atom stereocenters. The third-order valence-electron chi connectivity index (χ3n) is 4.16. The first-order valence-corrected chi connectivity index (χ1v) is 8.51. The summed E-state index contributed by atoms with van der Waals surface area (Å²) in [5.74, 6) is 0.478. The topological polar surface area (TPSA) is 63.2 Å². The highest BCUT2D eigenvalue weighted by Gasteiger charge is 2.16. The van der Waals surface area contributed by atoms with Crippen LogP contribution in [0.15, 0.2) is 42.7 Å². The van der Waals surface area contributed by atoms with Crippen LogP contribution in [0.5, 0.6) is 5.75 Å². The maximum atomic E-state index is 12.5. The molecule has 126 valence electrons. The first kappa shape index (κ1) is 16.3. The second-order valence-corrected chi connectivity index (χ2v) is 5.97. The Bertz CT molecular complexity index is 697. The minimum atomic E-state index is -0.190. The Morgan fingerprint density at radius 3 is 2.83 bits per heavy atom. The van der Waals surface area contributed by atoms with Crippen LogP contribution in [0.2, 0.25) is 0 Å². The molecule has 1 heterocycles. The van der Waals surface area contributed by atoms with Gasteiger partial charge in [-0.1, -0.05) is 25.0 Å². The van der Waals surface area contributed by atoms with Crippen LogP contribution in [0.4, 0.5) is 11.4 Å². The van der Waals surface area contributed by atoms with Gasteiger partial charge in [0, 0.05) is 18.4 Å². The quantitative estimate of drug-likeness (QED) is 0.840. The van der Waals surface area contributed by atoms with Gasteiger partial charge in [0.25, 0.3) is 5.91 Å². The molecule has 1 saturated carbocycles. The Balaban J connectivity index is 1.71. The first-order chi connectivity index (χ1) is 11.8. The molecular weight excluding hydrogens is 302 g/mol. The van der Waals surface area contributed by atoms with E-state index >= 15 is 0 Å². The fourth-order valence-corrected chi connectivity index (χ4v) is 2.99.